The van der Waals surface area contributed by atoms with Gasteiger partial charge < -0.3 is 15.2 Å². The third-order valence-corrected chi connectivity index (χ3v) is 3.59. The molecule has 0 unspecified atom stereocenters. The summed E-state index contributed by atoms with van der Waals surface area (Å²) in [5, 5.41) is 12.1. The van der Waals surface area contributed by atoms with Crippen molar-refractivity contribution < 1.29 is 14.6 Å². The van der Waals surface area contributed by atoms with Crippen LogP contribution in [0, 0.1) is 5.41 Å². The van der Waals surface area contributed by atoms with Crippen LogP contribution in [-0.4, -0.2) is 36.4 Å². The number of amides is 1. The van der Waals surface area contributed by atoms with Crippen molar-refractivity contribution >= 4 is 5.91 Å². The second-order valence-electron chi connectivity index (χ2n) is 4.97. The molecule has 1 aliphatic heterocycles. The van der Waals surface area contributed by atoms with E-state index in [2.05, 4.69) is 5.32 Å². The zero-order valence-corrected chi connectivity index (χ0v) is 13.2. The summed E-state index contributed by atoms with van der Waals surface area (Å²) in [6.07, 6.45) is 2.80. The SMILES string of the molecule is CC.CC.CC1(C(=O)NC2CC(O)C2)CCOCC1. The van der Waals surface area contributed by atoms with E-state index in [4.69, 9.17) is 9.84 Å². The lowest BCUT2D eigenvalue weighted by Crippen LogP contribution is -2.52. The zero-order valence-electron chi connectivity index (χ0n) is 13.2. The molecular weight excluding hydrogens is 242 g/mol. The van der Waals surface area contributed by atoms with E-state index in [0.717, 1.165) is 12.8 Å². The Kier molecular flexibility index (Phi) is 9.02. The summed E-state index contributed by atoms with van der Waals surface area (Å²) < 4.78 is 5.26. The maximum absolute atomic E-state index is 12.0. The number of hydrogen-bond acceptors (Lipinski definition) is 3. The Morgan fingerprint density at radius 3 is 2.05 bits per heavy atom. The Bertz CT molecular complexity index is 244. The summed E-state index contributed by atoms with van der Waals surface area (Å²) in [5.74, 6) is 0.128. The van der Waals surface area contributed by atoms with Gasteiger partial charge in [0.05, 0.1) is 11.5 Å². The van der Waals surface area contributed by atoms with Gasteiger partial charge in [0.15, 0.2) is 0 Å². The van der Waals surface area contributed by atoms with Gasteiger partial charge in [-0.1, -0.05) is 34.6 Å². The molecule has 0 aromatic carbocycles. The second-order valence-corrected chi connectivity index (χ2v) is 4.97. The topological polar surface area (TPSA) is 58.6 Å². The van der Waals surface area contributed by atoms with Crippen LogP contribution >= 0.6 is 0 Å². The molecule has 0 aromatic heterocycles. The van der Waals surface area contributed by atoms with E-state index in [-0.39, 0.29) is 23.5 Å². The Labute approximate surface area is 117 Å². The monoisotopic (exact) mass is 273 g/mol. The molecule has 4 heteroatoms. The van der Waals surface area contributed by atoms with Gasteiger partial charge in [0.1, 0.15) is 0 Å². The van der Waals surface area contributed by atoms with Crippen LogP contribution < -0.4 is 5.32 Å². The summed E-state index contributed by atoms with van der Waals surface area (Å²) in [6.45, 7) is 11.4. The number of ether oxygens (including phenoxy) is 1. The van der Waals surface area contributed by atoms with Crippen molar-refractivity contribution in [3.8, 4) is 0 Å². The van der Waals surface area contributed by atoms with Crippen molar-refractivity contribution in [1.82, 2.24) is 5.32 Å². The maximum atomic E-state index is 12.0. The van der Waals surface area contributed by atoms with Gasteiger partial charge in [0.2, 0.25) is 5.91 Å². The van der Waals surface area contributed by atoms with Gasteiger partial charge in [0.25, 0.3) is 0 Å². The minimum Gasteiger partial charge on any atom is -0.393 e. The molecule has 1 saturated carbocycles. The fourth-order valence-electron chi connectivity index (χ4n) is 2.11. The van der Waals surface area contributed by atoms with Crippen LogP contribution in [0.5, 0.6) is 0 Å². The third kappa shape index (κ3) is 5.49. The number of rotatable bonds is 2. The fourth-order valence-corrected chi connectivity index (χ4v) is 2.11. The summed E-state index contributed by atoms with van der Waals surface area (Å²) in [5.41, 5.74) is -0.265. The van der Waals surface area contributed by atoms with E-state index in [1.807, 2.05) is 34.6 Å². The second kappa shape index (κ2) is 9.32. The first-order valence-electron chi connectivity index (χ1n) is 7.67. The van der Waals surface area contributed by atoms with Crippen LogP contribution in [0.25, 0.3) is 0 Å². The highest BCUT2D eigenvalue weighted by molar-refractivity contribution is 5.82. The Morgan fingerprint density at radius 1 is 1.16 bits per heavy atom. The highest BCUT2D eigenvalue weighted by Gasteiger charge is 2.38. The van der Waals surface area contributed by atoms with Gasteiger partial charge >= 0.3 is 0 Å². The first kappa shape index (κ1) is 18.4. The quantitative estimate of drug-likeness (QED) is 0.812. The first-order chi connectivity index (χ1) is 9.10. The fraction of sp³-hybridized carbons (Fsp3) is 0.933. The summed E-state index contributed by atoms with van der Waals surface area (Å²) in [6, 6.07) is 0.187. The van der Waals surface area contributed by atoms with Crippen LogP contribution in [0.2, 0.25) is 0 Å². The molecule has 2 rings (SSSR count). The molecule has 0 atom stereocenters. The van der Waals surface area contributed by atoms with Gasteiger partial charge in [-0.05, 0) is 25.7 Å². The summed E-state index contributed by atoms with van der Waals surface area (Å²) in [7, 11) is 0. The van der Waals surface area contributed by atoms with E-state index >= 15 is 0 Å². The molecule has 1 heterocycles. The minimum absolute atomic E-state index is 0.128. The van der Waals surface area contributed by atoms with Crippen molar-refractivity contribution in [2.45, 2.75) is 72.4 Å². The predicted molar refractivity (Wildman–Crippen MR) is 78.0 cm³/mol. The van der Waals surface area contributed by atoms with Crippen LogP contribution in [-0.2, 0) is 9.53 Å². The Morgan fingerprint density at radius 2 is 1.63 bits per heavy atom. The van der Waals surface area contributed by atoms with Gasteiger partial charge in [-0.2, -0.15) is 0 Å². The average Bonchev–Trinajstić information content (AvgIpc) is 2.42. The first-order valence-corrected chi connectivity index (χ1v) is 7.67. The number of hydrogen-bond donors (Lipinski definition) is 2. The normalized spacial score (nSPS) is 27.7. The van der Waals surface area contributed by atoms with E-state index in [1.165, 1.54) is 0 Å². The van der Waals surface area contributed by atoms with E-state index < -0.39 is 0 Å². The van der Waals surface area contributed by atoms with Gasteiger partial charge in [-0.3, -0.25) is 4.79 Å². The molecule has 4 nitrogen and oxygen atoms in total. The predicted octanol–water partition coefficient (Wildman–Crippen LogP) is 2.50. The molecule has 114 valence electrons. The molecule has 19 heavy (non-hydrogen) atoms. The lowest BCUT2D eigenvalue weighted by atomic mass is 9.80. The molecule has 0 radical (unpaired) electrons. The van der Waals surface area contributed by atoms with Crippen molar-refractivity contribution in [1.29, 1.82) is 0 Å². The van der Waals surface area contributed by atoms with Gasteiger partial charge in [0, 0.05) is 19.3 Å². The zero-order chi connectivity index (χ0) is 14.9. The van der Waals surface area contributed by atoms with E-state index in [9.17, 15) is 4.79 Å². The van der Waals surface area contributed by atoms with Gasteiger partial charge in [-0.25, -0.2) is 0 Å². The number of nitrogens with one attached hydrogen (secondary N) is 1. The molecule has 0 spiro atoms. The summed E-state index contributed by atoms with van der Waals surface area (Å²) >= 11 is 0. The van der Waals surface area contributed by atoms with E-state index in [1.54, 1.807) is 0 Å². The number of carbonyl (C=O) groups is 1. The van der Waals surface area contributed by atoms with Crippen molar-refractivity contribution in [3.63, 3.8) is 0 Å². The molecule has 1 saturated heterocycles. The van der Waals surface area contributed by atoms with Crippen LogP contribution in [0.1, 0.15) is 60.3 Å². The largest absolute Gasteiger partial charge is 0.393 e. The highest BCUT2D eigenvalue weighted by Crippen LogP contribution is 2.31. The van der Waals surface area contributed by atoms with Crippen LogP contribution in [0.3, 0.4) is 0 Å². The molecule has 2 aliphatic rings. The Balaban J connectivity index is 0.000000741. The lowest BCUT2D eigenvalue weighted by molar-refractivity contribution is -0.137. The molecule has 0 bridgehead atoms. The van der Waals surface area contributed by atoms with Crippen LogP contribution in [0.15, 0.2) is 0 Å². The molecule has 1 aliphatic carbocycles. The third-order valence-electron chi connectivity index (χ3n) is 3.59. The molecule has 2 N–H and O–H groups in total. The molecule has 0 aromatic rings. The van der Waals surface area contributed by atoms with Crippen molar-refractivity contribution in [2.24, 2.45) is 5.41 Å². The summed E-state index contributed by atoms with van der Waals surface area (Å²) in [4.78, 5) is 12.0. The highest BCUT2D eigenvalue weighted by atomic mass is 16.5. The minimum atomic E-state index is -0.265. The van der Waals surface area contributed by atoms with Crippen molar-refractivity contribution in [2.75, 3.05) is 13.2 Å². The number of carbonyl (C=O) groups excluding carboxylic acids is 1. The number of aliphatic hydroxyl groups is 1. The maximum Gasteiger partial charge on any atom is 0.226 e. The lowest BCUT2D eigenvalue weighted by Gasteiger charge is -2.37. The smallest absolute Gasteiger partial charge is 0.226 e. The van der Waals surface area contributed by atoms with Gasteiger partial charge in [-0.15, -0.1) is 0 Å². The molecule has 1 amide bonds. The van der Waals surface area contributed by atoms with Crippen molar-refractivity contribution in [3.05, 3.63) is 0 Å². The average molecular weight is 273 g/mol. The molecular formula is C15H31NO3. The standard InChI is InChI=1S/C11H19NO3.2C2H6/c1-11(2-4-15-5-3-11)10(14)12-8-6-9(13)7-8;2*1-2/h8-9,13H,2-7H2,1H3,(H,12,14);2*1-2H3. The molecule has 2 fully saturated rings. The number of aliphatic hydroxyl groups excluding tert-OH is 1. The Hall–Kier alpha value is -0.610. The van der Waals surface area contributed by atoms with E-state index in [0.29, 0.717) is 26.1 Å². The van der Waals surface area contributed by atoms with Crippen LogP contribution in [0.4, 0.5) is 0 Å².